The molecule has 5 nitrogen and oxygen atoms in total. The lowest BCUT2D eigenvalue weighted by atomic mass is 9.85. The highest BCUT2D eigenvalue weighted by Crippen LogP contribution is 2.26. The first kappa shape index (κ1) is 16.0. The van der Waals surface area contributed by atoms with E-state index in [-0.39, 0.29) is 18.7 Å². The Morgan fingerprint density at radius 2 is 1.74 bits per heavy atom. The lowest BCUT2D eigenvalue weighted by Gasteiger charge is -2.39. The molecule has 19 heavy (non-hydrogen) atoms. The molecule has 0 saturated carbocycles. The van der Waals surface area contributed by atoms with E-state index in [4.69, 9.17) is 5.11 Å². The zero-order valence-electron chi connectivity index (χ0n) is 12.4. The van der Waals surface area contributed by atoms with Crippen LogP contribution in [0.3, 0.4) is 0 Å². The number of carbonyl (C=O) groups excluding carboxylic acids is 1. The van der Waals surface area contributed by atoms with Crippen LogP contribution in [0, 0.1) is 5.41 Å². The molecule has 110 valence electrons. The molecule has 1 saturated heterocycles. The number of amides is 1. The molecule has 0 aromatic rings. The Morgan fingerprint density at radius 3 is 2.21 bits per heavy atom. The van der Waals surface area contributed by atoms with Gasteiger partial charge in [-0.2, -0.15) is 0 Å². The standard InChI is InChI=1S/C14H26N2O3/c1-10-6-5-7-11(2)16(10)15-12(17)8-14(3,4)9-13(18)19/h10-11H,5-9H2,1-4H3,(H,15,17)(H,18,19). The summed E-state index contributed by atoms with van der Waals surface area (Å²) in [6.07, 6.45) is 3.60. The highest BCUT2D eigenvalue weighted by Gasteiger charge is 2.29. The van der Waals surface area contributed by atoms with E-state index in [0.717, 1.165) is 12.8 Å². The van der Waals surface area contributed by atoms with Gasteiger partial charge in [-0.25, -0.2) is 5.01 Å². The number of aliphatic carboxylic acids is 1. The fourth-order valence-electron chi connectivity index (χ4n) is 2.73. The van der Waals surface area contributed by atoms with Gasteiger partial charge in [-0.05, 0) is 32.1 Å². The molecule has 5 heteroatoms. The number of piperidine rings is 1. The summed E-state index contributed by atoms with van der Waals surface area (Å²) in [5.41, 5.74) is 2.43. The van der Waals surface area contributed by atoms with Gasteiger partial charge < -0.3 is 5.11 Å². The number of hydrogen-bond acceptors (Lipinski definition) is 3. The smallest absolute Gasteiger partial charge is 0.303 e. The third-order valence-electron chi connectivity index (χ3n) is 3.72. The van der Waals surface area contributed by atoms with Gasteiger partial charge >= 0.3 is 5.97 Å². The second kappa shape index (κ2) is 6.37. The topological polar surface area (TPSA) is 69.6 Å². The van der Waals surface area contributed by atoms with E-state index < -0.39 is 11.4 Å². The van der Waals surface area contributed by atoms with Crippen molar-refractivity contribution >= 4 is 11.9 Å². The van der Waals surface area contributed by atoms with Crippen LogP contribution in [0.4, 0.5) is 0 Å². The quantitative estimate of drug-likeness (QED) is 0.803. The van der Waals surface area contributed by atoms with Gasteiger partial charge in [0.1, 0.15) is 0 Å². The molecule has 2 atom stereocenters. The molecule has 1 rings (SSSR count). The van der Waals surface area contributed by atoms with E-state index in [1.54, 1.807) is 0 Å². The Balaban J connectivity index is 2.52. The van der Waals surface area contributed by atoms with Crippen molar-refractivity contribution < 1.29 is 14.7 Å². The number of carboxylic acids is 1. The summed E-state index contributed by atoms with van der Waals surface area (Å²) in [6.45, 7) is 7.84. The van der Waals surface area contributed by atoms with E-state index >= 15 is 0 Å². The Bertz CT molecular complexity index is 332. The van der Waals surface area contributed by atoms with Crippen LogP contribution in [-0.4, -0.2) is 34.1 Å². The van der Waals surface area contributed by atoms with Crippen LogP contribution in [0.25, 0.3) is 0 Å². The average Bonchev–Trinajstić information content (AvgIpc) is 2.20. The third kappa shape index (κ3) is 5.19. The van der Waals surface area contributed by atoms with E-state index in [9.17, 15) is 9.59 Å². The van der Waals surface area contributed by atoms with Gasteiger partial charge in [0, 0.05) is 18.5 Å². The number of nitrogens with zero attached hydrogens (tertiary/aromatic N) is 1. The first-order valence-corrected chi connectivity index (χ1v) is 7.01. The van der Waals surface area contributed by atoms with Gasteiger partial charge in [0.05, 0.1) is 6.42 Å². The molecule has 0 radical (unpaired) electrons. The Morgan fingerprint density at radius 1 is 1.21 bits per heavy atom. The van der Waals surface area contributed by atoms with Gasteiger partial charge in [0.25, 0.3) is 0 Å². The maximum Gasteiger partial charge on any atom is 0.303 e. The summed E-state index contributed by atoms with van der Waals surface area (Å²) in [7, 11) is 0. The van der Waals surface area contributed by atoms with Crippen molar-refractivity contribution in [1.29, 1.82) is 0 Å². The van der Waals surface area contributed by atoms with Crippen molar-refractivity contribution in [3.05, 3.63) is 0 Å². The zero-order valence-corrected chi connectivity index (χ0v) is 12.4. The SMILES string of the molecule is CC1CCCC(C)N1NC(=O)CC(C)(C)CC(=O)O. The minimum atomic E-state index is -0.863. The summed E-state index contributed by atoms with van der Waals surface area (Å²) in [6, 6.07) is 0.686. The monoisotopic (exact) mass is 270 g/mol. The molecule has 1 fully saturated rings. The summed E-state index contributed by atoms with van der Waals surface area (Å²) in [5.74, 6) is -0.954. The van der Waals surface area contributed by atoms with Gasteiger partial charge in [0.15, 0.2) is 0 Å². The maximum absolute atomic E-state index is 12.1. The van der Waals surface area contributed by atoms with Crippen LogP contribution in [0.2, 0.25) is 0 Å². The highest BCUT2D eigenvalue weighted by atomic mass is 16.4. The predicted molar refractivity (Wildman–Crippen MR) is 73.4 cm³/mol. The second-order valence-electron chi connectivity index (χ2n) is 6.48. The second-order valence-corrected chi connectivity index (χ2v) is 6.48. The van der Waals surface area contributed by atoms with E-state index in [1.165, 1.54) is 6.42 Å². The van der Waals surface area contributed by atoms with Crippen molar-refractivity contribution in [2.75, 3.05) is 0 Å². The van der Waals surface area contributed by atoms with Crippen molar-refractivity contribution in [1.82, 2.24) is 10.4 Å². The van der Waals surface area contributed by atoms with Gasteiger partial charge in [-0.15, -0.1) is 0 Å². The maximum atomic E-state index is 12.1. The predicted octanol–water partition coefficient (Wildman–Crippen LogP) is 2.17. The van der Waals surface area contributed by atoms with Crippen LogP contribution < -0.4 is 5.43 Å². The molecule has 1 heterocycles. The van der Waals surface area contributed by atoms with E-state index in [1.807, 2.05) is 18.9 Å². The molecule has 0 bridgehead atoms. The van der Waals surface area contributed by atoms with Crippen molar-refractivity contribution in [2.45, 2.75) is 71.9 Å². The van der Waals surface area contributed by atoms with Crippen molar-refractivity contribution in [2.24, 2.45) is 5.41 Å². The molecule has 0 spiro atoms. The lowest BCUT2D eigenvalue weighted by Crippen LogP contribution is -2.54. The van der Waals surface area contributed by atoms with Gasteiger partial charge in [0.2, 0.25) is 5.91 Å². The molecule has 1 aliphatic rings. The molecular formula is C14H26N2O3. The molecule has 0 aromatic heterocycles. The average molecular weight is 270 g/mol. The van der Waals surface area contributed by atoms with E-state index in [2.05, 4.69) is 19.3 Å². The minimum Gasteiger partial charge on any atom is -0.481 e. The van der Waals surface area contributed by atoms with Crippen LogP contribution >= 0.6 is 0 Å². The first-order chi connectivity index (χ1) is 8.71. The van der Waals surface area contributed by atoms with Crippen LogP contribution in [0.15, 0.2) is 0 Å². The molecule has 0 aromatic carbocycles. The normalized spacial score (nSPS) is 25.1. The van der Waals surface area contributed by atoms with Crippen LogP contribution in [0.1, 0.15) is 59.8 Å². The van der Waals surface area contributed by atoms with Gasteiger partial charge in [-0.1, -0.05) is 20.3 Å². The summed E-state index contributed by atoms with van der Waals surface area (Å²) < 4.78 is 0. The molecular weight excluding hydrogens is 244 g/mol. The number of rotatable bonds is 5. The molecule has 1 amide bonds. The first-order valence-electron chi connectivity index (χ1n) is 7.01. The molecule has 2 N–H and O–H groups in total. The summed E-state index contributed by atoms with van der Waals surface area (Å²) >= 11 is 0. The number of nitrogens with one attached hydrogen (secondary N) is 1. The third-order valence-corrected chi connectivity index (χ3v) is 3.72. The fourth-order valence-corrected chi connectivity index (χ4v) is 2.73. The number of carbonyl (C=O) groups is 2. The highest BCUT2D eigenvalue weighted by molar-refractivity contribution is 5.77. The Hall–Kier alpha value is -1.10. The van der Waals surface area contributed by atoms with Crippen LogP contribution in [0.5, 0.6) is 0 Å². The zero-order chi connectivity index (χ0) is 14.6. The number of hydrazine groups is 1. The number of hydrogen-bond donors (Lipinski definition) is 2. The minimum absolute atomic E-state index is 0.00548. The summed E-state index contributed by atoms with van der Waals surface area (Å²) in [4.78, 5) is 22.8. The number of carboxylic acid groups (broad SMARTS) is 1. The largest absolute Gasteiger partial charge is 0.481 e. The lowest BCUT2D eigenvalue weighted by molar-refractivity contribution is -0.140. The Labute approximate surface area is 115 Å². The molecule has 0 aliphatic carbocycles. The van der Waals surface area contributed by atoms with E-state index in [0.29, 0.717) is 12.1 Å². The Kier molecular flexibility index (Phi) is 5.35. The van der Waals surface area contributed by atoms with Gasteiger partial charge in [-0.3, -0.25) is 15.0 Å². The summed E-state index contributed by atoms with van der Waals surface area (Å²) in [5, 5.41) is 10.8. The molecule has 2 unspecified atom stereocenters. The van der Waals surface area contributed by atoms with Crippen molar-refractivity contribution in [3.8, 4) is 0 Å². The van der Waals surface area contributed by atoms with Crippen LogP contribution in [-0.2, 0) is 9.59 Å². The van der Waals surface area contributed by atoms with Crippen molar-refractivity contribution in [3.63, 3.8) is 0 Å². The fraction of sp³-hybridized carbons (Fsp3) is 0.857. The molecule has 1 aliphatic heterocycles.